The summed E-state index contributed by atoms with van der Waals surface area (Å²) in [6.45, 7) is 33.8. The van der Waals surface area contributed by atoms with Crippen molar-refractivity contribution in [1.29, 1.82) is 0 Å². The van der Waals surface area contributed by atoms with Gasteiger partial charge in [-0.3, -0.25) is 0 Å². The maximum absolute atomic E-state index is 3.99. The molecule has 0 nitrogen and oxygen atoms in total. The van der Waals surface area contributed by atoms with E-state index in [4.69, 9.17) is 0 Å². The van der Waals surface area contributed by atoms with Crippen molar-refractivity contribution in [1.82, 2.24) is 0 Å². The van der Waals surface area contributed by atoms with Gasteiger partial charge in [0, 0.05) is 65.4 Å². The van der Waals surface area contributed by atoms with Crippen molar-refractivity contribution in [3.05, 3.63) is 27.7 Å². The molecular formula is C42H98Y2-4. The summed E-state index contributed by atoms with van der Waals surface area (Å²) in [6.07, 6.45) is 16.4. The summed E-state index contributed by atoms with van der Waals surface area (Å²) in [5.74, 6) is 9.13. The van der Waals surface area contributed by atoms with Crippen LogP contribution in [0.15, 0.2) is 0 Å². The van der Waals surface area contributed by atoms with Gasteiger partial charge in [0.2, 0.25) is 0 Å². The molecule has 2 heteroatoms. The van der Waals surface area contributed by atoms with E-state index in [-0.39, 0.29) is 125 Å². The van der Waals surface area contributed by atoms with Gasteiger partial charge in [-0.1, -0.05) is 159 Å². The Bertz CT molecular complexity index is 441. The van der Waals surface area contributed by atoms with Crippen molar-refractivity contribution >= 4 is 0 Å². The molecule has 2 unspecified atom stereocenters. The first kappa shape index (κ1) is 76.2. The first-order valence-electron chi connectivity index (χ1n) is 15.2. The van der Waals surface area contributed by atoms with Crippen LogP contribution in [0.3, 0.4) is 0 Å². The Balaban J connectivity index is -0.0000000343. The fourth-order valence-corrected chi connectivity index (χ4v) is 6.14. The summed E-state index contributed by atoms with van der Waals surface area (Å²) in [7, 11) is 0. The molecule has 3 rings (SSSR count). The standard InChI is InChI=1S/C10H18.3C8H16.8CH4.2Y/c1-7(2)10-6-8-3-4-9(10)5-8;1-7(2)8-5-3-4-6-8;1-5-6-8(4)7(2)3;1-5-8(6-2)7(3)4;;;;;;;;;;/h7-10H,3-6H2,1-2H3;7-8H,3-6H2,1-2H3;7-8H,1,4-6H2,2-3H3;7-8H,1-2,5-6H2,3-4H3;8*1H4;;/q;;2*-2;;;;;;;;;;/t8-,9+,10?;;;;;;;;;;;;;/m0............./s1. The Hall–Kier alpha value is 2.21. The monoisotopic (exact) mass is 781 g/mol. The number of hydrogen-bond donors (Lipinski definition) is 0. The van der Waals surface area contributed by atoms with Crippen LogP contribution >= 0.6 is 0 Å². The van der Waals surface area contributed by atoms with Crippen LogP contribution in [0.1, 0.15) is 192 Å². The molecule has 3 saturated carbocycles. The molecule has 44 heavy (non-hydrogen) atoms. The molecule has 2 bridgehead atoms. The third-order valence-corrected chi connectivity index (χ3v) is 9.19. The molecule has 0 amide bonds. The second kappa shape index (κ2) is 45.2. The maximum atomic E-state index is 3.99. The van der Waals surface area contributed by atoms with Crippen LogP contribution in [0.25, 0.3) is 0 Å². The van der Waals surface area contributed by atoms with Gasteiger partial charge in [0.1, 0.15) is 0 Å². The molecule has 0 heterocycles. The van der Waals surface area contributed by atoms with Gasteiger partial charge in [0.05, 0.1) is 0 Å². The fraction of sp³-hybridized carbons (Fsp3) is 0.905. The topological polar surface area (TPSA) is 0 Å². The summed E-state index contributed by atoms with van der Waals surface area (Å²) in [5, 5.41) is 0. The fourth-order valence-electron chi connectivity index (χ4n) is 6.14. The van der Waals surface area contributed by atoms with Crippen molar-refractivity contribution < 1.29 is 65.4 Å². The number of rotatable bonds is 8. The Labute approximate surface area is 341 Å². The molecule has 0 aromatic rings. The van der Waals surface area contributed by atoms with Gasteiger partial charge >= 0.3 is 0 Å². The Morgan fingerprint density at radius 2 is 1.00 bits per heavy atom. The molecule has 0 spiro atoms. The van der Waals surface area contributed by atoms with Crippen LogP contribution in [0.5, 0.6) is 0 Å². The summed E-state index contributed by atoms with van der Waals surface area (Å²) in [6, 6.07) is 0. The van der Waals surface area contributed by atoms with Gasteiger partial charge in [-0.15, -0.1) is 6.42 Å². The van der Waals surface area contributed by atoms with Crippen LogP contribution in [0.2, 0.25) is 0 Å². The molecule has 3 aliphatic carbocycles. The smallest absolute Gasteiger partial charge is 0 e. The minimum Gasteiger partial charge on any atom is -0.343 e. The van der Waals surface area contributed by atoms with E-state index in [1.807, 2.05) is 0 Å². The molecular weight excluding hydrogens is 682 g/mol. The third kappa shape index (κ3) is 34.1. The number of hydrogen-bond acceptors (Lipinski definition) is 0. The summed E-state index contributed by atoms with van der Waals surface area (Å²) in [5.41, 5.74) is 0. The second-order valence-corrected chi connectivity index (χ2v) is 13.1. The molecule has 3 aliphatic rings. The van der Waals surface area contributed by atoms with Crippen molar-refractivity contribution in [2.24, 2.45) is 59.2 Å². The van der Waals surface area contributed by atoms with E-state index >= 15 is 0 Å². The van der Waals surface area contributed by atoms with Gasteiger partial charge in [-0.2, -0.15) is 25.2 Å². The summed E-state index contributed by atoms with van der Waals surface area (Å²) >= 11 is 0. The van der Waals surface area contributed by atoms with E-state index in [9.17, 15) is 0 Å². The van der Waals surface area contributed by atoms with Crippen molar-refractivity contribution in [2.75, 3.05) is 0 Å². The van der Waals surface area contributed by atoms with Crippen LogP contribution < -0.4 is 0 Å². The quantitative estimate of drug-likeness (QED) is 0.215. The van der Waals surface area contributed by atoms with E-state index in [0.29, 0.717) is 5.92 Å². The van der Waals surface area contributed by atoms with E-state index in [1.165, 1.54) is 25.7 Å². The minimum atomic E-state index is 0. The SMILES string of the molecule is C.C.C.C.C.C.C.C.CC(C)C1CCCC1.CC(C)C1C[C@H]2CC[C@@H]1C2.[CH2-]CC(C[CH2-])C(C)C.[CH2-]CCC([CH2-])C(C)C.[Y].[Y]. The Kier molecular flexibility index (Phi) is 78.3. The van der Waals surface area contributed by atoms with Gasteiger partial charge < -0.3 is 27.7 Å². The number of fused-ring (bicyclic) bond motifs is 2. The molecule has 0 aliphatic heterocycles. The van der Waals surface area contributed by atoms with E-state index in [0.717, 1.165) is 78.9 Å². The summed E-state index contributed by atoms with van der Waals surface area (Å²) in [4.78, 5) is 0. The van der Waals surface area contributed by atoms with E-state index in [2.05, 4.69) is 83.1 Å². The molecule has 0 N–H and O–H groups in total. The Morgan fingerprint density at radius 3 is 1.14 bits per heavy atom. The van der Waals surface area contributed by atoms with Crippen LogP contribution in [-0.4, -0.2) is 0 Å². The van der Waals surface area contributed by atoms with Crippen molar-refractivity contribution in [3.8, 4) is 0 Å². The van der Waals surface area contributed by atoms with Crippen LogP contribution in [0.4, 0.5) is 0 Å². The first-order chi connectivity index (χ1) is 16.0. The van der Waals surface area contributed by atoms with Gasteiger partial charge in [-0.25, -0.2) is 0 Å². The zero-order chi connectivity index (χ0) is 26.3. The molecule has 0 aromatic heterocycles. The predicted molar refractivity (Wildman–Crippen MR) is 211 cm³/mol. The molecule has 0 aromatic carbocycles. The van der Waals surface area contributed by atoms with Crippen molar-refractivity contribution in [2.45, 2.75) is 192 Å². The van der Waals surface area contributed by atoms with Gasteiger partial charge in [-0.05, 0) is 60.7 Å². The van der Waals surface area contributed by atoms with Gasteiger partial charge in [0.25, 0.3) is 0 Å². The molecule has 4 atom stereocenters. The predicted octanol–water partition coefficient (Wildman–Crippen LogP) is 16.4. The molecule has 0 saturated heterocycles. The third-order valence-electron chi connectivity index (χ3n) is 9.19. The molecule has 276 valence electrons. The zero-order valence-corrected chi connectivity index (χ0v) is 31.9. The minimum absolute atomic E-state index is 0. The summed E-state index contributed by atoms with van der Waals surface area (Å²) < 4.78 is 0. The van der Waals surface area contributed by atoms with E-state index < -0.39 is 0 Å². The average molecular weight is 781 g/mol. The van der Waals surface area contributed by atoms with Crippen LogP contribution in [0, 0.1) is 86.9 Å². The first-order valence-corrected chi connectivity index (χ1v) is 15.2. The normalized spacial score (nSPS) is 19.2. The average Bonchev–Trinajstić information content (AvgIpc) is 3.54. The van der Waals surface area contributed by atoms with E-state index in [1.54, 1.807) is 25.7 Å². The van der Waals surface area contributed by atoms with Gasteiger partial charge in [0.15, 0.2) is 0 Å². The Morgan fingerprint density at radius 1 is 0.568 bits per heavy atom. The molecule has 3 fully saturated rings. The maximum Gasteiger partial charge on any atom is 0 e. The van der Waals surface area contributed by atoms with Crippen molar-refractivity contribution in [3.63, 3.8) is 0 Å². The molecule has 2 radical (unpaired) electrons. The second-order valence-electron chi connectivity index (χ2n) is 13.1. The largest absolute Gasteiger partial charge is 0.343 e. The zero-order valence-electron chi connectivity index (χ0n) is 26.2. The van der Waals surface area contributed by atoms with Crippen LogP contribution in [-0.2, 0) is 65.4 Å².